The molecule has 0 aliphatic heterocycles. The van der Waals surface area contributed by atoms with Gasteiger partial charge in [0.15, 0.2) is 0 Å². The molecule has 0 amide bonds. The molecule has 0 N–H and O–H groups in total. The van der Waals surface area contributed by atoms with Gasteiger partial charge in [0.05, 0.1) is 6.61 Å². The predicted molar refractivity (Wildman–Crippen MR) is 60.2 cm³/mol. The molecule has 0 saturated carbocycles. The molecule has 0 bridgehead atoms. The molecule has 1 atom stereocenters. The molecule has 3 nitrogen and oxygen atoms in total. The van der Waals surface area contributed by atoms with E-state index >= 15 is 0 Å². The molecular weight excluding hydrogens is 192 g/mol. The maximum atomic E-state index is 11.0. The monoisotopic (exact) mass is 214 g/mol. The second-order valence-corrected chi connectivity index (χ2v) is 3.85. The lowest BCUT2D eigenvalue weighted by molar-refractivity contribution is -0.274. The minimum Gasteiger partial charge on any atom is -0.293 e. The van der Waals surface area contributed by atoms with E-state index in [2.05, 4.69) is 25.3 Å². The molecular formula is C12H22O3. The Balaban J connectivity index is 3.62. The first-order valence-electron chi connectivity index (χ1n) is 5.61. The standard InChI is InChI=1S/C12H22O3/c1-5-7-8-11(6-2)9-14-15-12(13)10(3)4/h11H,3,5-9H2,1-2,4H3. The minimum absolute atomic E-state index is 0.358. The van der Waals surface area contributed by atoms with Crippen LogP contribution in [0.4, 0.5) is 0 Å². The van der Waals surface area contributed by atoms with Gasteiger partial charge in [-0.2, -0.15) is 4.89 Å². The van der Waals surface area contributed by atoms with Crippen LogP contribution < -0.4 is 0 Å². The molecule has 88 valence electrons. The topological polar surface area (TPSA) is 35.5 Å². The third-order valence-electron chi connectivity index (χ3n) is 2.33. The van der Waals surface area contributed by atoms with Gasteiger partial charge in [-0.25, -0.2) is 4.79 Å². The Morgan fingerprint density at radius 2 is 2.07 bits per heavy atom. The van der Waals surface area contributed by atoms with Gasteiger partial charge in [-0.05, 0) is 19.3 Å². The molecule has 0 saturated heterocycles. The quantitative estimate of drug-likeness (QED) is 0.353. The number of carbonyl (C=O) groups is 1. The average molecular weight is 214 g/mol. The Labute approximate surface area is 92.4 Å². The lowest BCUT2D eigenvalue weighted by atomic mass is 10.0. The molecule has 0 aliphatic rings. The van der Waals surface area contributed by atoms with E-state index in [1.165, 1.54) is 12.8 Å². The highest BCUT2D eigenvalue weighted by atomic mass is 17.2. The number of unbranched alkanes of at least 4 members (excludes halogenated alkanes) is 1. The van der Waals surface area contributed by atoms with Gasteiger partial charge in [-0.15, -0.1) is 0 Å². The lowest BCUT2D eigenvalue weighted by Crippen LogP contribution is -2.13. The Bertz CT molecular complexity index is 199. The Morgan fingerprint density at radius 3 is 2.53 bits per heavy atom. The molecule has 0 aromatic carbocycles. The fourth-order valence-corrected chi connectivity index (χ4v) is 1.15. The Kier molecular flexibility index (Phi) is 8.01. The van der Waals surface area contributed by atoms with Gasteiger partial charge < -0.3 is 0 Å². The van der Waals surface area contributed by atoms with Crippen molar-refractivity contribution < 1.29 is 14.6 Å². The van der Waals surface area contributed by atoms with Crippen LogP contribution in [0.3, 0.4) is 0 Å². The molecule has 0 aromatic rings. The first-order chi connectivity index (χ1) is 7.11. The summed E-state index contributed by atoms with van der Waals surface area (Å²) in [5, 5.41) is 0. The smallest absolute Gasteiger partial charge is 0.293 e. The SMILES string of the molecule is C=C(C)C(=O)OOCC(CC)CCCC. The van der Waals surface area contributed by atoms with Crippen LogP contribution in [0.5, 0.6) is 0 Å². The van der Waals surface area contributed by atoms with Crippen LogP contribution in [0.1, 0.15) is 46.5 Å². The van der Waals surface area contributed by atoms with Crippen LogP contribution >= 0.6 is 0 Å². The van der Waals surface area contributed by atoms with E-state index < -0.39 is 5.97 Å². The average Bonchev–Trinajstić information content (AvgIpc) is 2.22. The molecule has 0 rings (SSSR count). The fourth-order valence-electron chi connectivity index (χ4n) is 1.15. The molecule has 0 radical (unpaired) electrons. The largest absolute Gasteiger partial charge is 0.368 e. The summed E-state index contributed by atoms with van der Waals surface area (Å²) in [6, 6.07) is 0. The maximum Gasteiger partial charge on any atom is 0.368 e. The number of hydrogen-bond donors (Lipinski definition) is 0. The van der Waals surface area contributed by atoms with E-state index in [1.807, 2.05) is 0 Å². The third kappa shape index (κ3) is 7.14. The first-order valence-corrected chi connectivity index (χ1v) is 5.61. The van der Waals surface area contributed by atoms with Crippen LogP contribution in [0, 0.1) is 5.92 Å². The van der Waals surface area contributed by atoms with Crippen molar-refractivity contribution in [2.75, 3.05) is 6.61 Å². The molecule has 15 heavy (non-hydrogen) atoms. The van der Waals surface area contributed by atoms with Crippen molar-refractivity contribution in [3.8, 4) is 0 Å². The van der Waals surface area contributed by atoms with Gasteiger partial charge in [-0.1, -0.05) is 39.7 Å². The van der Waals surface area contributed by atoms with E-state index in [1.54, 1.807) is 6.92 Å². The van der Waals surface area contributed by atoms with E-state index in [0.717, 1.165) is 12.8 Å². The second-order valence-electron chi connectivity index (χ2n) is 3.85. The highest BCUT2D eigenvalue weighted by Crippen LogP contribution is 2.13. The van der Waals surface area contributed by atoms with Crippen molar-refractivity contribution in [3.63, 3.8) is 0 Å². The third-order valence-corrected chi connectivity index (χ3v) is 2.33. The molecule has 0 heterocycles. The zero-order valence-corrected chi connectivity index (χ0v) is 10.0. The van der Waals surface area contributed by atoms with Gasteiger partial charge in [0.25, 0.3) is 0 Å². The summed E-state index contributed by atoms with van der Waals surface area (Å²) in [6.07, 6.45) is 4.54. The summed E-state index contributed by atoms with van der Waals surface area (Å²) >= 11 is 0. The zero-order chi connectivity index (χ0) is 11.7. The van der Waals surface area contributed by atoms with Crippen LogP contribution in [-0.2, 0) is 14.6 Å². The van der Waals surface area contributed by atoms with E-state index in [4.69, 9.17) is 4.89 Å². The molecule has 0 aliphatic carbocycles. The van der Waals surface area contributed by atoms with Gasteiger partial charge in [0.1, 0.15) is 0 Å². The predicted octanol–water partition coefficient (Wildman–Crippen LogP) is 3.25. The molecule has 0 spiro atoms. The molecule has 3 heteroatoms. The van der Waals surface area contributed by atoms with Crippen LogP contribution in [0.2, 0.25) is 0 Å². The summed E-state index contributed by atoms with van der Waals surface area (Å²) in [4.78, 5) is 20.5. The van der Waals surface area contributed by atoms with Crippen molar-refractivity contribution in [2.45, 2.75) is 46.5 Å². The van der Waals surface area contributed by atoms with E-state index in [9.17, 15) is 4.79 Å². The van der Waals surface area contributed by atoms with Crippen LogP contribution in [0.25, 0.3) is 0 Å². The van der Waals surface area contributed by atoms with Gasteiger partial charge >= 0.3 is 5.97 Å². The second kappa shape index (κ2) is 8.48. The first kappa shape index (κ1) is 14.2. The Hall–Kier alpha value is -0.830. The van der Waals surface area contributed by atoms with Crippen molar-refractivity contribution in [3.05, 3.63) is 12.2 Å². The Morgan fingerprint density at radius 1 is 1.40 bits per heavy atom. The number of carbonyl (C=O) groups excluding carboxylic acids is 1. The highest BCUT2D eigenvalue weighted by Gasteiger charge is 2.09. The lowest BCUT2D eigenvalue weighted by Gasteiger charge is -2.13. The van der Waals surface area contributed by atoms with Crippen molar-refractivity contribution in [1.82, 2.24) is 0 Å². The van der Waals surface area contributed by atoms with E-state index in [0.29, 0.717) is 18.1 Å². The molecule has 1 unspecified atom stereocenters. The van der Waals surface area contributed by atoms with E-state index in [-0.39, 0.29) is 0 Å². The van der Waals surface area contributed by atoms with Gasteiger partial charge in [-0.3, -0.25) is 4.89 Å². The maximum absolute atomic E-state index is 11.0. The van der Waals surface area contributed by atoms with Crippen molar-refractivity contribution in [1.29, 1.82) is 0 Å². The summed E-state index contributed by atoms with van der Waals surface area (Å²) in [6.45, 7) is 9.82. The summed E-state index contributed by atoms with van der Waals surface area (Å²) in [7, 11) is 0. The van der Waals surface area contributed by atoms with Gasteiger partial charge in [0, 0.05) is 5.57 Å². The summed E-state index contributed by atoms with van der Waals surface area (Å²) in [5.74, 6) is -0.0109. The number of hydrogen-bond acceptors (Lipinski definition) is 3. The summed E-state index contributed by atoms with van der Waals surface area (Å²) in [5.41, 5.74) is 0.358. The normalized spacial score (nSPS) is 12.2. The van der Waals surface area contributed by atoms with Crippen molar-refractivity contribution in [2.24, 2.45) is 5.92 Å². The van der Waals surface area contributed by atoms with Gasteiger partial charge in [0.2, 0.25) is 0 Å². The molecule has 0 fully saturated rings. The number of rotatable bonds is 8. The van der Waals surface area contributed by atoms with Crippen LogP contribution in [0.15, 0.2) is 12.2 Å². The minimum atomic E-state index is -0.486. The van der Waals surface area contributed by atoms with Crippen molar-refractivity contribution >= 4 is 5.97 Å². The molecule has 0 aromatic heterocycles. The highest BCUT2D eigenvalue weighted by molar-refractivity contribution is 5.86. The zero-order valence-electron chi connectivity index (χ0n) is 10.0. The summed E-state index contributed by atoms with van der Waals surface area (Å²) < 4.78 is 0. The van der Waals surface area contributed by atoms with Crippen LogP contribution in [-0.4, -0.2) is 12.6 Å². The fraction of sp³-hybridized carbons (Fsp3) is 0.750.